The fraction of sp³-hybridized carbons (Fsp3) is 0.957. The quantitative estimate of drug-likeness (QED) is 0.0488. The van der Waals surface area contributed by atoms with Crippen molar-refractivity contribution in [1.29, 1.82) is 0 Å². The van der Waals surface area contributed by atoms with Crippen LogP contribution in [0.5, 0.6) is 0 Å². The molecule has 0 aliphatic carbocycles. The Bertz CT molecular complexity index is 784. The van der Waals surface area contributed by atoms with E-state index in [1.165, 1.54) is 103 Å². The second-order valence-electron chi connectivity index (χ2n) is 15.9. The van der Waals surface area contributed by atoms with Gasteiger partial charge in [-0.3, -0.25) is 0 Å². The zero-order chi connectivity index (χ0) is 39.6. The predicted octanol–water partition coefficient (Wildman–Crippen LogP) is 13.4. The molecule has 54 heavy (non-hydrogen) atoms. The number of rotatable bonds is 42. The number of nitrogens with zero attached hydrogens (tertiary/aromatic N) is 2. The number of aliphatic hydroxyl groups is 1. The Morgan fingerprint density at radius 3 is 1.31 bits per heavy atom. The molecule has 1 atom stereocenters. The Morgan fingerprint density at radius 2 is 0.815 bits per heavy atom. The van der Waals surface area contributed by atoms with Gasteiger partial charge in [0, 0.05) is 26.2 Å². The normalized spacial score (nSPS) is 12.0. The highest BCUT2D eigenvalue weighted by Crippen LogP contribution is 2.17. The van der Waals surface area contributed by atoms with Crippen LogP contribution in [0.2, 0.25) is 0 Å². The van der Waals surface area contributed by atoms with Crippen LogP contribution in [-0.2, 0) is 14.2 Å². The van der Waals surface area contributed by atoms with Gasteiger partial charge in [0.15, 0.2) is 0 Å². The maximum Gasteiger partial charge on any atom is 0.508 e. The average Bonchev–Trinajstić information content (AvgIpc) is 3.17. The molecule has 1 unspecified atom stereocenters. The van der Waals surface area contributed by atoms with Crippen LogP contribution in [0.4, 0.5) is 9.59 Å². The Morgan fingerprint density at radius 1 is 0.444 bits per heavy atom. The smallest absolute Gasteiger partial charge is 0.449 e. The van der Waals surface area contributed by atoms with Crippen molar-refractivity contribution in [2.45, 2.75) is 233 Å². The van der Waals surface area contributed by atoms with Gasteiger partial charge in [-0.2, -0.15) is 0 Å². The Labute approximate surface area is 335 Å². The molecule has 322 valence electrons. The van der Waals surface area contributed by atoms with E-state index in [-0.39, 0.29) is 18.8 Å². The fourth-order valence-electron chi connectivity index (χ4n) is 7.11. The minimum absolute atomic E-state index is 0.0108. The van der Waals surface area contributed by atoms with E-state index in [1.54, 1.807) is 0 Å². The third-order valence-corrected chi connectivity index (χ3v) is 10.7. The van der Waals surface area contributed by atoms with Gasteiger partial charge in [0.25, 0.3) is 0 Å². The zero-order valence-electron chi connectivity index (χ0n) is 36.5. The van der Waals surface area contributed by atoms with Gasteiger partial charge in [-0.05, 0) is 83.7 Å². The van der Waals surface area contributed by atoms with Crippen LogP contribution in [0.3, 0.4) is 0 Å². The molecule has 1 N–H and O–H groups in total. The molecular weight excluding hydrogens is 677 g/mol. The number of ether oxygens (including phenoxy) is 3. The molecule has 0 aliphatic rings. The fourth-order valence-corrected chi connectivity index (χ4v) is 7.11. The van der Waals surface area contributed by atoms with Gasteiger partial charge in [-0.25, -0.2) is 9.59 Å². The third kappa shape index (κ3) is 36.1. The minimum Gasteiger partial charge on any atom is -0.449 e. The standard InChI is InChI=1S/C46H92N2O6/c1-5-9-13-17-19-26-35-44(34-25-15-11-7-3)54-46(51)53-43-32-24-22-28-37-47(38-33-41-49)36-27-21-23-31-42-52-45(50)48(39-29-16-12-8-4)40-30-20-18-14-10-6-2/h44,49H,5-43H2,1-4H3. The van der Waals surface area contributed by atoms with Crippen molar-refractivity contribution in [3.8, 4) is 0 Å². The van der Waals surface area contributed by atoms with Crippen molar-refractivity contribution >= 4 is 12.2 Å². The number of amides is 1. The molecule has 0 saturated heterocycles. The summed E-state index contributed by atoms with van der Waals surface area (Å²) in [6.07, 6.45) is 34.8. The Balaban J connectivity index is 4.25. The van der Waals surface area contributed by atoms with Crippen molar-refractivity contribution in [1.82, 2.24) is 9.80 Å². The van der Waals surface area contributed by atoms with Gasteiger partial charge in [0.2, 0.25) is 0 Å². The molecule has 0 saturated carbocycles. The van der Waals surface area contributed by atoms with Crippen LogP contribution in [-0.4, -0.2) is 85.8 Å². The van der Waals surface area contributed by atoms with Crippen molar-refractivity contribution < 1.29 is 28.9 Å². The van der Waals surface area contributed by atoms with E-state index < -0.39 is 6.16 Å². The van der Waals surface area contributed by atoms with E-state index in [4.69, 9.17) is 14.2 Å². The molecule has 0 aromatic carbocycles. The summed E-state index contributed by atoms with van der Waals surface area (Å²) in [6.45, 7) is 14.7. The third-order valence-electron chi connectivity index (χ3n) is 10.7. The first kappa shape index (κ1) is 52.5. The molecule has 0 radical (unpaired) electrons. The monoisotopic (exact) mass is 769 g/mol. The number of carbonyl (C=O) groups is 2. The molecule has 0 heterocycles. The summed E-state index contributed by atoms with van der Waals surface area (Å²) in [5.41, 5.74) is 0. The molecule has 0 aliphatic heterocycles. The molecule has 8 nitrogen and oxygen atoms in total. The molecule has 0 aromatic heterocycles. The average molecular weight is 769 g/mol. The van der Waals surface area contributed by atoms with Gasteiger partial charge in [-0.15, -0.1) is 0 Å². The molecule has 0 aromatic rings. The van der Waals surface area contributed by atoms with E-state index in [9.17, 15) is 14.7 Å². The van der Waals surface area contributed by atoms with Gasteiger partial charge in [0.1, 0.15) is 6.10 Å². The van der Waals surface area contributed by atoms with Crippen LogP contribution in [0.25, 0.3) is 0 Å². The van der Waals surface area contributed by atoms with Crippen molar-refractivity contribution in [2.75, 3.05) is 52.5 Å². The number of unbranched alkanes of at least 4 members (excludes halogenated alkanes) is 22. The van der Waals surface area contributed by atoms with Crippen molar-refractivity contribution in [3.63, 3.8) is 0 Å². The summed E-state index contributed by atoms with van der Waals surface area (Å²) in [6, 6.07) is 0. The van der Waals surface area contributed by atoms with E-state index in [0.717, 1.165) is 129 Å². The first-order chi connectivity index (χ1) is 26.5. The second kappa shape index (κ2) is 42.6. The lowest BCUT2D eigenvalue weighted by molar-refractivity contribution is 0.0154. The summed E-state index contributed by atoms with van der Waals surface area (Å²) >= 11 is 0. The number of aliphatic hydroxyl groups excluding tert-OH is 1. The summed E-state index contributed by atoms with van der Waals surface area (Å²) in [5.74, 6) is 0. The maximum atomic E-state index is 12.9. The molecule has 8 heteroatoms. The Kier molecular flexibility index (Phi) is 41.4. The van der Waals surface area contributed by atoms with Crippen LogP contribution >= 0.6 is 0 Å². The van der Waals surface area contributed by atoms with Gasteiger partial charge in [0.05, 0.1) is 13.2 Å². The van der Waals surface area contributed by atoms with Crippen molar-refractivity contribution in [3.05, 3.63) is 0 Å². The van der Waals surface area contributed by atoms with Crippen LogP contribution in [0, 0.1) is 0 Å². The predicted molar refractivity (Wildman–Crippen MR) is 228 cm³/mol. The van der Waals surface area contributed by atoms with Gasteiger partial charge < -0.3 is 29.1 Å². The molecule has 0 rings (SSSR count). The minimum atomic E-state index is -0.488. The molecule has 0 fully saturated rings. The van der Waals surface area contributed by atoms with Crippen LogP contribution in [0.1, 0.15) is 227 Å². The SMILES string of the molecule is CCCCCCCCC(CCCCCC)OC(=O)OCCCCCCN(CCCO)CCCCCCOC(=O)N(CCCCCC)CCCCCCCC. The lowest BCUT2D eigenvalue weighted by Crippen LogP contribution is -2.33. The summed E-state index contributed by atoms with van der Waals surface area (Å²) in [4.78, 5) is 29.8. The van der Waals surface area contributed by atoms with E-state index >= 15 is 0 Å². The van der Waals surface area contributed by atoms with Crippen molar-refractivity contribution in [2.24, 2.45) is 0 Å². The highest BCUT2D eigenvalue weighted by molar-refractivity contribution is 5.67. The number of hydrogen-bond acceptors (Lipinski definition) is 7. The summed E-state index contributed by atoms with van der Waals surface area (Å²) < 4.78 is 17.0. The lowest BCUT2D eigenvalue weighted by Gasteiger charge is -2.22. The summed E-state index contributed by atoms with van der Waals surface area (Å²) in [5, 5.41) is 9.42. The Hall–Kier alpha value is -1.54. The van der Waals surface area contributed by atoms with Gasteiger partial charge >= 0.3 is 12.2 Å². The lowest BCUT2D eigenvalue weighted by atomic mass is 10.0. The van der Waals surface area contributed by atoms with Crippen LogP contribution in [0.15, 0.2) is 0 Å². The summed E-state index contributed by atoms with van der Waals surface area (Å²) in [7, 11) is 0. The number of hydrogen-bond donors (Lipinski definition) is 1. The first-order valence-electron chi connectivity index (χ1n) is 23.6. The maximum absolute atomic E-state index is 12.9. The molecular formula is C46H92N2O6. The first-order valence-corrected chi connectivity index (χ1v) is 23.6. The van der Waals surface area contributed by atoms with E-state index in [2.05, 4.69) is 32.6 Å². The van der Waals surface area contributed by atoms with E-state index in [0.29, 0.717) is 13.2 Å². The molecule has 0 spiro atoms. The zero-order valence-corrected chi connectivity index (χ0v) is 36.5. The highest BCUT2D eigenvalue weighted by atomic mass is 16.7. The number of carbonyl (C=O) groups excluding carboxylic acids is 2. The second-order valence-corrected chi connectivity index (χ2v) is 15.9. The largest absolute Gasteiger partial charge is 0.508 e. The highest BCUT2D eigenvalue weighted by Gasteiger charge is 2.16. The van der Waals surface area contributed by atoms with Gasteiger partial charge in [-0.1, -0.05) is 156 Å². The van der Waals surface area contributed by atoms with E-state index in [1.807, 2.05) is 4.90 Å². The molecule has 1 amide bonds. The van der Waals surface area contributed by atoms with Crippen LogP contribution < -0.4 is 0 Å². The topological polar surface area (TPSA) is 88.5 Å². The molecule has 0 bridgehead atoms.